The highest BCUT2D eigenvalue weighted by molar-refractivity contribution is 7.14. The van der Waals surface area contributed by atoms with Crippen molar-refractivity contribution in [3.05, 3.63) is 21.9 Å². The molecule has 1 aliphatic carbocycles. The summed E-state index contributed by atoms with van der Waals surface area (Å²) in [6.45, 7) is 2.19. The van der Waals surface area contributed by atoms with Crippen LogP contribution in [0.4, 0.5) is 0 Å². The number of hydrogen-bond acceptors (Lipinski definition) is 4. The van der Waals surface area contributed by atoms with Crippen LogP contribution in [0.3, 0.4) is 0 Å². The maximum absolute atomic E-state index is 11.5. The van der Waals surface area contributed by atoms with Crippen LogP contribution in [-0.2, 0) is 9.53 Å². The summed E-state index contributed by atoms with van der Waals surface area (Å²) in [4.78, 5) is 24.7. The predicted molar refractivity (Wildman–Crippen MR) is 66.5 cm³/mol. The third-order valence-corrected chi connectivity index (χ3v) is 4.22. The zero-order valence-electron chi connectivity index (χ0n) is 9.90. The average molecular weight is 252 g/mol. The Balaban J connectivity index is 2.07. The fourth-order valence-corrected chi connectivity index (χ4v) is 3.19. The molecule has 0 radical (unpaired) electrons. The van der Waals surface area contributed by atoms with Gasteiger partial charge in [0.15, 0.2) is 0 Å². The molecule has 0 aliphatic heterocycles. The molecule has 1 aromatic heterocycles. The van der Waals surface area contributed by atoms with Crippen LogP contribution in [0.1, 0.15) is 53.1 Å². The van der Waals surface area contributed by atoms with E-state index in [1.807, 2.05) is 6.07 Å². The van der Waals surface area contributed by atoms with Crippen molar-refractivity contribution in [2.24, 2.45) is 0 Å². The lowest BCUT2D eigenvalue weighted by Crippen LogP contribution is -2.12. The van der Waals surface area contributed by atoms with Gasteiger partial charge in [0.1, 0.15) is 10.7 Å². The fourth-order valence-electron chi connectivity index (χ4n) is 2.15. The second-order valence-electron chi connectivity index (χ2n) is 4.25. The van der Waals surface area contributed by atoms with Crippen molar-refractivity contribution in [2.45, 2.75) is 38.5 Å². The van der Waals surface area contributed by atoms with E-state index in [1.54, 1.807) is 13.0 Å². The van der Waals surface area contributed by atoms with E-state index in [0.29, 0.717) is 36.0 Å². The predicted octanol–water partition coefficient (Wildman–Crippen LogP) is 3.15. The first kappa shape index (κ1) is 12.3. The van der Waals surface area contributed by atoms with Gasteiger partial charge in [0, 0.05) is 23.6 Å². The van der Waals surface area contributed by atoms with Gasteiger partial charge in [-0.2, -0.15) is 0 Å². The van der Waals surface area contributed by atoms with Crippen molar-refractivity contribution in [1.29, 1.82) is 0 Å². The summed E-state index contributed by atoms with van der Waals surface area (Å²) in [5, 5.41) is 0. The number of ether oxygens (including phenoxy) is 1. The van der Waals surface area contributed by atoms with Gasteiger partial charge >= 0.3 is 5.97 Å². The molecule has 0 amide bonds. The van der Waals surface area contributed by atoms with Gasteiger partial charge < -0.3 is 4.74 Å². The van der Waals surface area contributed by atoms with Crippen LogP contribution >= 0.6 is 11.3 Å². The molecule has 1 fully saturated rings. The van der Waals surface area contributed by atoms with Gasteiger partial charge in [-0.15, -0.1) is 11.3 Å². The SMILES string of the molecule is CCOC(=O)c1ccc([C@H]2CCCC(=O)C2)s1. The topological polar surface area (TPSA) is 43.4 Å². The lowest BCUT2D eigenvalue weighted by molar-refractivity contribution is -0.120. The minimum absolute atomic E-state index is 0.258. The van der Waals surface area contributed by atoms with Gasteiger partial charge in [-0.05, 0) is 31.9 Å². The Morgan fingerprint density at radius 3 is 3.06 bits per heavy atom. The maximum atomic E-state index is 11.5. The van der Waals surface area contributed by atoms with Gasteiger partial charge in [0.05, 0.1) is 6.61 Å². The average Bonchev–Trinajstić information content (AvgIpc) is 2.78. The Hall–Kier alpha value is -1.16. The summed E-state index contributed by atoms with van der Waals surface area (Å²) in [5.41, 5.74) is 0. The number of carbonyl (C=O) groups is 2. The highest BCUT2D eigenvalue weighted by Crippen LogP contribution is 2.35. The second-order valence-corrected chi connectivity index (χ2v) is 5.37. The van der Waals surface area contributed by atoms with Crippen molar-refractivity contribution in [1.82, 2.24) is 0 Å². The molecule has 17 heavy (non-hydrogen) atoms. The minimum atomic E-state index is -0.258. The summed E-state index contributed by atoms with van der Waals surface area (Å²) in [6, 6.07) is 3.76. The normalized spacial score (nSPS) is 20.3. The Bertz CT molecular complexity index is 422. The lowest BCUT2D eigenvalue weighted by Gasteiger charge is -2.19. The monoisotopic (exact) mass is 252 g/mol. The van der Waals surface area contributed by atoms with Crippen molar-refractivity contribution < 1.29 is 14.3 Å². The van der Waals surface area contributed by atoms with E-state index < -0.39 is 0 Å². The Kier molecular flexibility index (Phi) is 3.94. The third-order valence-electron chi connectivity index (χ3n) is 2.99. The molecule has 0 spiro atoms. The van der Waals surface area contributed by atoms with Gasteiger partial charge in [-0.1, -0.05) is 0 Å². The molecule has 1 saturated carbocycles. The number of esters is 1. The van der Waals surface area contributed by atoms with E-state index >= 15 is 0 Å². The molecule has 0 bridgehead atoms. The summed E-state index contributed by atoms with van der Waals surface area (Å²) < 4.78 is 4.95. The minimum Gasteiger partial charge on any atom is -0.462 e. The Morgan fingerprint density at radius 2 is 2.35 bits per heavy atom. The quantitative estimate of drug-likeness (QED) is 0.776. The fraction of sp³-hybridized carbons (Fsp3) is 0.538. The summed E-state index contributed by atoms with van der Waals surface area (Å²) in [5.74, 6) is 0.391. The molecular formula is C13H16O3S. The molecule has 1 heterocycles. The molecule has 0 aromatic carbocycles. The molecule has 92 valence electrons. The first-order valence-corrected chi connectivity index (χ1v) is 6.81. The lowest BCUT2D eigenvalue weighted by atomic mass is 9.87. The van der Waals surface area contributed by atoms with Crippen LogP contribution in [-0.4, -0.2) is 18.4 Å². The second kappa shape index (κ2) is 5.45. The molecule has 0 N–H and O–H groups in total. The van der Waals surface area contributed by atoms with Crippen molar-refractivity contribution in [2.75, 3.05) is 6.61 Å². The number of carbonyl (C=O) groups excluding carboxylic acids is 2. The van der Waals surface area contributed by atoms with E-state index in [-0.39, 0.29) is 5.97 Å². The largest absolute Gasteiger partial charge is 0.462 e. The molecule has 0 saturated heterocycles. The molecule has 1 atom stereocenters. The van der Waals surface area contributed by atoms with Gasteiger partial charge in [0.2, 0.25) is 0 Å². The first-order chi connectivity index (χ1) is 8.20. The smallest absolute Gasteiger partial charge is 0.348 e. The van der Waals surface area contributed by atoms with Crippen LogP contribution in [0.15, 0.2) is 12.1 Å². The maximum Gasteiger partial charge on any atom is 0.348 e. The standard InChI is InChI=1S/C13H16O3S/c1-2-16-13(15)12-7-6-11(17-12)9-4-3-5-10(14)8-9/h6-7,9H,2-5,8H2,1H3/t9-/m0/s1. The van der Waals surface area contributed by atoms with E-state index in [2.05, 4.69) is 0 Å². The van der Waals surface area contributed by atoms with Crippen molar-refractivity contribution in [3.63, 3.8) is 0 Å². The van der Waals surface area contributed by atoms with Crippen LogP contribution in [0.25, 0.3) is 0 Å². The third kappa shape index (κ3) is 2.94. The van der Waals surface area contributed by atoms with E-state index in [9.17, 15) is 9.59 Å². The highest BCUT2D eigenvalue weighted by Gasteiger charge is 2.23. The molecule has 0 unspecified atom stereocenters. The van der Waals surface area contributed by atoms with Gasteiger partial charge in [0.25, 0.3) is 0 Å². The highest BCUT2D eigenvalue weighted by atomic mass is 32.1. The number of rotatable bonds is 3. The molecular weight excluding hydrogens is 236 g/mol. The number of Topliss-reactive ketones (excluding diaryl/α,β-unsaturated/α-hetero) is 1. The molecule has 4 heteroatoms. The number of thiophene rings is 1. The van der Waals surface area contributed by atoms with E-state index in [0.717, 1.165) is 17.7 Å². The van der Waals surface area contributed by atoms with Gasteiger partial charge in [-0.3, -0.25) is 4.79 Å². The summed E-state index contributed by atoms with van der Waals surface area (Å²) >= 11 is 1.46. The zero-order chi connectivity index (χ0) is 12.3. The van der Waals surface area contributed by atoms with Crippen LogP contribution in [0, 0.1) is 0 Å². The van der Waals surface area contributed by atoms with Crippen molar-refractivity contribution in [3.8, 4) is 0 Å². The van der Waals surface area contributed by atoms with Crippen LogP contribution in [0.2, 0.25) is 0 Å². The van der Waals surface area contributed by atoms with Crippen LogP contribution in [0.5, 0.6) is 0 Å². The molecule has 2 rings (SSSR count). The van der Waals surface area contributed by atoms with Crippen LogP contribution < -0.4 is 0 Å². The Morgan fingerprint density at radius 1 is 1.53 bits per heavy atom. The molecule has 1 aromatic rings. The van der Waals surface area contributed by atoms with E-state index in [4.69, 9.17) is 4.74 Å². The van der Waals surface area contributed by atoms with Gasteiger partial charge in [-0.25, -0.2) is 4.79 Å². The Labute approximate surface area is 105 Å². The number of ketones is 1. The van der Waals surface area contributed by atoms with Crippen molar-refractivity contribution >= 4 is 23.1 Å². The zero-order valence-corrected chi connectivity index (χ0v) is 10.7. The first-order valence-electron chi connectivity index (χ1n) is 5.99. The van der Waals surface area contributed by atoms with E-state index in [1.165, 1.54) is 11.3 Å². The summed E-state index contributed by atoms with van der Waals surface area (Å²) in [7, 11) is 0. The summed E-state index contributed by atoms with van der Waals surface area (Å²) in [6.07, 6.45) is 3.36. The molecule has 1 aliphatic rings. The number of hydrogen-bond donors (Lipinski definition) is 0. The molecule has 3 nitrogen and oxygen atoms in total.